The number of nitrogens with one attached hydrogen (secondary N) is 1. The van der Waals surface area contributed by atoms with E-state index in [1.54, 1.807) is 11.0 Å². The van der Waals surface area contributed by atoms with E-state index in [4.69, 9.17) is 0 Å². The van der Waals surface area contributed by atoms with Crippen molar-refractivity contribution in [2.75, 3.05) is 19.3 Å². The molecule has 2 aliphatic rings. The fourth-order valence-electron chi connectivity index (χ4n) is 4.34. The Kier molecular flexibility index (Phi) is 5.02. The maximum absolute atomic E-state index is 13.1. The number of aromatic nitrogens is 3. The van der Waals surface area contributed by atoms with E-state index in [2.05, 4.69) is 10.1 Å². The number of nitrogens with zero attached hydrogens (tertiary/aromatic N) is 4. The molecule has 4 rings (SSSR count). The van der Waals surface area contributed by atoms with Crippen LogP contribution in [-0.2, 0) is 27.8 Å². The minimum absolute atomic E-state index is 0.0262. The summed E-state index contributed by atoms with van der Waals surface area (Å²) >= 11 is 0. The third-order valence-corrected chi connectivity index (χ3v) is 7.11. The molecule has 10 heteroatoms. The number of hydrogen-bond acceptors (Lipinski definition) is 5. The van der Waals surface area contributed by atoms with Gasteiger partial charge in [0.2, 0.25) is 15.9 Å². The SMILES string of the molecule is CC(C)C(=O)N1CCc2nc3cc(C4CCCCN4S(C)(=O)=O)[nH]n3c(=O)c2C1. The zero-order chi connectivity index (χ0) is 20.9. The Labute approximate surface area is 169 Å². The van der Waals surface area contributed by atoms with Crippen LogP contribution >= 0.6 is 0 Å². The first-order valence-electron chi connectivity index (χ1n) is 10.1. The zero-order valence-corrected chi connectivity index (χ0v) is 17.8. The molecule has 0 spiro atoms. The first kappa shape index (κ1) is 20.1. The number of rotatable bonds is 3. The molecule has 1 fully saturated rings. The van der Waals surface area contributed by atoms with Crippen molar-refractivity contribution in [2.45, 2.75) is 52.1 Å². The Morgan fingerprint density at radius 3 is 2.72 bits per heavy atom. The predicted octanol–water partition coefficient (Wildman–Crippen LogP) is 1.05. The van der Waals surface area contributed by atoms with Gasteiger partial charge in [-0.05, 0) is 12.8 Å². The van der Waals surface area contributed by atoms with Crippen LogP contribution in [0.2, 0.25) is 0 Å². The van der Waals surface area contributed by atoms with Crippen LogP contribution in [-0.4, -0.2) is 57.5 Å². The van der Waals surface area contributed by atoms with E-state index in [0.717, 1.165) is 18.5 Å². The van der Waals surface area contributed by atoms with E-state index < -0.39 is 10.0 Å². The summed E-state index contributed by atoms with van der Waals surface area (Å²) in [4.78, 5) is 31.8. The van der Waals surface area contributed by atoms with Gasteiger partial charge in [-0.25, -0.2) is 17.9 Å². The highest BCUT2D eigenvalue weighted by Crippen LogP contribution is 2.32. The normalized spacial score (nSPS) is 21.0. The third kappa shape index (κ3) is 3.59. The molecule has 1 saturated heterocycles. The lowest BCUT2D eigenvalue weighted by molar-refractivity contribution is -0.135. The zero-order valence-electron chi connectivity index (χ0n) is 17.0. The van der Waals surface area contributed by atoms with Gasteiger partial charge in [0.25, 0.3) is 5.56 Å². The van der Waals surface area contributed by atoms with E-state index in [1.165, 1.54) is 15.1 Å². The van der Waals surface area contributed by atoms with Crippen molar-refractivity contribution in [1.82, 2.24) is 23.8 Å². The number of carbonyl (C=O) groups is 1. The highest BCUT2D eigenvalue weighted by molar-refractivity contribution is 7.88. The summed E-state index contributed by atoms with van der Waals surface area (Å²) in [6.07, 6.45) is 4.22. The smallest absolute Gasteiger partial charge is 0.277 e. The largest absolute Gasteiger partial charge is 0.337 e. The second-order valence-electron chi connectivity index (χ2n) is 8.30. The van der Waals surface area contributed by atoms with E-state index in [1.807, 2.05) is 13.8 Å². The number of H-pyrrole nitrogens is 1. The van der Waals surface area contributed by atoms with Crippen molar-refractivity contribution in [3.8, 4) is 0 Å². The Hall–Kier alpha value is -2.20. The second-order valence-corrected chi connectivity index (χ2v) is 10.2. The summed E-state index contributed by atoms with van der Waals surface area (Å²) in [5, 5.41) is 3.08. The first-order valence-corrected chi connectivity index (χ1v) is 11.9. The Bertz CT molecular complexity index is 1120. The number of fused-ring (bicyclic) bond motifs is 2. The van der Waals surface area contributed by atoms with E-state index in [9.17, 15) is 18.0 Å². The number of hydrogen-bond donors (Lipinski definition) is 1. The summed E-state index contributed by atoms with van der Waals surface area (Å²) in [5.41, 5.74) is 2.19. The summed E-state index contributed by atoms with van der Waals surface area (Å²) in [6.45, 7) is 4.98. The molecule has 2 aliphatic heterocycles. The molecule has 1 atom stereocenters. The molecule has 158 valence electrons. The van der Waals surface area contributed by atoms with Crippen molar-refractivity contribution in [3.05, 3.63) is 33.4 Å². The quantitative estimate of drug-likeness (QED) is 0.797. The molecule has 1 N–H and O–H groups in total. The van der Waals surface area contributed by atoms with E-state index >= 15 is 0 Å². The van der Waals surface area contributed by atoms with Crippen LogP contribution in [0.4, 0.5) is 0 Å². The number of aromatic amines is 1. The van der Waals surface area contributed by atoms with Crippen molar-refractivity contribution in [2.24, 2.45) is 5.92 Å². The minimum atomic E-state index is -3.35. The third-order valence-electron chi connectivity index (χ3n) is 5.83. The van der Waals surface area contributed by atoms with Crippen molar-refractivity contribution >= 4 is 21.6 Å². The van der Waals surface area contributed by atoms with Gasteiger partial charge in [-0.15, -0.1) is 0 Å². The van der Waals surface area contributed by atoms with Gasteiger partial charge < -0.3 is 4.90 Å². The van der Waals surface area contributed by atoms with Gasteiger partial charge in [0, 0.05) is 31.5 Å². The fraction of sp³-hybridized carbons (Fsp3) is 0.632. The Balaban J connectivity index is 1.74. The average Bonchev–Trinajstić information content (AvgIpc) is 3.11. The minimum Gasteiger partial charge on any atom is -0.337 e. The molecule has 0 aliphatic carbocycles. The predicted molar refractivity (Wildman–Crippen MR) is 108 cm³/mol. The summed E-state index contributed by atoms with van der Waals surface area (Å²) in [5.74, 6) is -0.0975. The Morgan fingerprint density at radius 2 is 2.03 bits per heavy atom. The van der Waals surface area contributed by atoms with E-state index in [-0.39, 0.29) is 30.0 Å². The molecule has 29 heavy (non-hydrogen) atoms. The van der Waals surface area contributed by atoms with Crippen LogP contribution in [0.1, 0.15) is 56.1 Å². The first-order chi connectivity index (χ1) is 13.7. The maximum Gasteiger partial charge on any atom is 0.277 e. The van der Waals surface area contributed by atoms with Crippen LogP contribution in [0, 0.1) is 5.92 Å². The van der Waals surface area contributed by atoms with Crippen molar-refractivity contribution < 1.29 is 13.2 Å². The van der Waals surface area contributed by atoms with Crippen LogP contribution in [0.5, 0.6) is 0 Å². The molecule has 9 nitrogen and oxygen atoms in total. The van der Waals surface area contributed by atoms with Gasteiger partial charge in [0.15, 0.2) is 5.65 Å². The molecule has 2 aromatic rings. The molecule has 0 saturated carbocycles. The highest BCUT2D eigenvalue weighted by atomic mass is 32.2. The monoisotopic (exact) mass is 421 g/mol. The highest BCUT2D eigenvalue weighted by Gasteiger charge is 2.33. The molecular weight excluding hydrogens is 394 g/mol. The van der Waals surface area contributed by atoms with Crippen LogP contribution in [0.25, 0.3) is 5.65 Å². The average molecular weight is 422 g/mol. The van der Waals surface area contributed by atoms with Gasteiger partial charge in [-0.3, -0.25) is 14.7 Å². The second kappa shape index (κ2) is 7.24. The number of piperidine rings is 1. The van der Waals surface area contributed by atoms with Crippen LogP contribution < -0.4 is 5.56 Å². The topological polar surface area (TPSA) is 108 Å². The fourth-order valence-corrected chi connectivity index (χ4v) is 5.48. The van der Waals surface area contributed by atoms with Gasteiger partial charge >= 0.3 is 0 Å². The lowest BCUT2D eigenvalue weighted by Gasteiger charge is -2.32. The maximum atomic E-state index is 13.1. The van der Waals surface area contributed by atoms with Gasteiger partial charge in [-0.1, -0.05) is 20.3 Å². The van der Waals surface area contributed by atoms with Crippen molar-refractivity contribution in [3.63, 3.8) is 0 Å². The lowest BCUT2D eigenvalue weighted by atomic mass is 10.0. The van der Waals surface area contributed by atoms with Gasteiger partial charge in [0.05, 0.1) is 35.8 Å². The standard InChI is InChI=1S/C19H27N5O4S/c1-12(2)18(25)22-9-7-14-13(11-22)19(26)24-17(20-14)10-15(21-24)16-6-4-5-8-23(16)29(3,27)28/h10,12,16,21H,4-9,11H2,1-3H3. The molecule has 4 heterocycles. The molecule has 0 bridgehead atoms. The molecule has 0 radical (unpaired) electrons. The summed E-state index contributed by atoms with van der Waals surface area (Å²) in [6, 6.07) is 1.46. The molecule has 0 aromatic carbocycles. The van der Waals surface area contributed by atoms with Gasteiger partial charge in [-0.2, -0.15) is 4.31 Å². The summed E-state index contributed by atoms with van der Waals surface area (Å²) < 4.78 is 27.3. The van der Waals surface area contributed by atoms with Crippen LogP contribution in [0.15, 0.2) is 10.9 Å². The molecule has 1 amide bonds. The number of sulfonamides is 1. The molecule has 1 unspecified atom stereocenters. The van der Waals surface area contributed by atoms with Crippen molar-refractivity contribution in [1.29, 1.82) is 0 Å². The van der Waals surface area contributed by atoms with E-state index in [0.29, 0.717) is 42.8 Å². The lowest BCUT2D eigenvalue weighted by Crippen LogP contribution is -2.42. The van der Waals surface area contributed by atoms with Gasteiger partial charge in [0.1, 0.15) is 0 Å². The number of amides is 1. The molecular formula is C19H27N5O4S. The Morgan fingerprint density at radius 1 is 1.28 bits per heavy atom. The number of carbonyl (C=O) groups excluding carboxylic acids is 1. The molecule has 2 aromatic heterocycles. The van der Waals surface area contributed by atoms with Crippen LogP contribution in [0.3, 0.4) is 0 Å². The summed E-state index contributed by atoms with van der Waals surface area (Å²) in [7, 11) is -3.35.